The Hall–Kier alpha value is -2.06. The fraction of sp³-hybridized carbons (Fsp3) is 0.200. The third kappa shape index (κ3) is 4.23. The van der Waals surface area contributed by atoms with Crippen LogP contribution in [0.1, 0.15) is 6.92 Å². The van der Waals surface area contributed by atoms with E-state index in [1.54, 1.807) is 6.07 Å². The molecule has 1 aromatic heterocycles. The first-order valence-electron chi connectivity index (χ1n) is 6.49. The molecule has 0 radical (unpaired) electrons. The Labute approximate surface area is 134 Å². The highest BCUT2D eigenvalue weighted by molar-refractivity contribution is 7.99. The van der Waals surface area contributed by atoms with Gasteiger partial charge in [-0.25, -0.2) is 4.98 Å². The van der Waals surface area contributed by atoms with Gasteiger partial charge < -0.3 is 10.4 Å². The van der Waals surface area contributed by atoms with Gasteiger partial charge in [0, 0.05) is 16.0 Å². The van der Waals surface area contributed by atoms with Gasteiger partial charge in [0.15, 0.2) is 0 Å². The lowest BCUT2D eigenvalue weighted by atomic mass is 10.1. The molecular formula is C15H13F3N2O2S. The summed E-state index contributed by atoms with van der Waals surface area (Å²) >= 11 is 1.42. The number of nitrogens with zero attached hydrogens (tertiary/aromatic N) is 1. The van der Waals surface area contributed by atoms with Gasteiger partial charge in [-0.1, -0.05) is 30.0 Å². The van der Waals surface area contributed by atoms with Crippen molar-refractivity contribution in [3.8, 4) is 0 Å². The number of alkyl halides is 3. The summed E-state index contributed by atoms with van der Waals surface area (Å²) in [5, 5.41) is 11.2. The summed E-state index contributed by atoms with van der Waals surface area (Å²) in [6, 6.07) is 12.4. The lowest BCUT2D eigenvalue weighted by Gasteiger charge is -2.24. The van der Waals surface area contributed by atoms with Crippen LogP contribution in [0.15, 0.2) is 58.5 Å². The van der Waals surface area contributed by atoms with E-state index in [1.165, 1.54) is 24.0 Å². The van der Waals surface area contributed by atoms with Crippen LogP contribution in [0, 0.1) is 0 Å². The number of carbonyl (C=O) groups is 1. The molecule has 122 valence electrons. The normalized spacial score (nSPS) is 14.1. The number of nitrogens with one attached hydrogen (secondary N) is 1. The van der Waals surface area contributed by atoms with Crippen LogP contribution >= 0.6 is 11.8 Å². The molecule has 0 aliphatic rings. The number of benzene rings is 1. The highest BCUT2D eigenvalue weighted by Crippen LogP contribution is 2.31. The maximum atomic E-state index is 12.6. The lowest BCUT2D eigenvalue weighted by Crippen LogP contribution is -2.52. The molecule has 1 unspecified atom stereocenters. The third-order valence-corrected chi connectivity index (χ3v) is 3.94. The predicted molar refractivity (Wildman–Crippen MR) is 80.1 cm³/mol. The van der Waals surface area contributed by atoms with Crippen LogP contribution < -0.4 is 5.32 Å². The highest BCUT2D eigenvalue weighted by atomic mass is 32.2. The molecule has 0 fully saturated rings. The molecular weight excluding hydrogens is 329 g/mol. The molecule has 1 aromatic carbocycles. The number of pyridine rings is 1. The van der Waals surface area contributed by atoms with Gasteiger partial charge in [0.1, 0.15) is 5.82 Å². The fourth-order valence-corrected chi connectivity index (χ4v) is 2.31. The average molecular weight is 342 g/mol. The summed E-state index contributed by atoms with van der Waals surface area (Å²) < 4.78 is 37.7. The van der Waals surface area contributed by atoms with Crippen molar-refractivity contribution >= 4 is 23.5 Å². The van der Waals surface area contributed by atoms with Crippen molar-refractivity contribution in [2.24, 2.45) is 0 Å². The summed E-state index contributed by atoms with van der Waals surface area (Å²) in [6.07, 6.45) is -3.64. The molecule has 2 N–H and O–H groups in total. The second-order valence-corrected chi connectivity index (χ2v) is 5.97. The number of anilines is 1. The standard InChI is InChI=1S/C15H13F3N2O2S/c1-14(22,15(16,17)18)13(21)20-12-8-7-11(9-19-12)23-10-5-3-2-4-6-10/h2-9,22H,1H3,(H,19,20,21). The van der Waals surface area contributed by atoms with E-state index in [0.29, 0.717) is 6.92 Å². The molecule has 0 saturated heterocycles. The smallest absolute Gasteiger partial charge is 0.373 e. The van der Waals surface area contributed by atoms with E-state index >= 15 is 0 Å². The Kier molecular flexibility index (Phi) is 4.96. The molecule has 0 bridgehead atoms. The number of amides is 1. The quantitative estimate of drug-likeness (QED) is 0.893. The van der Waals surface area contributed by atoms with E-state index in [0.717, 1.165) is 9.79 Å². The predicted octanol–water partition coefficient (Wildman–Crippen LogP) is 3.48. The van der Waals surface area contributed by atoms with E-state index < -0.39 is 17.7 Å². The molecule has 1 heterocycles. The lowest BCUT2D eigenvalue weighted by molar-refractivity contribution is -0.242. The minimum absolute atomic E-state index is 0.0723. The van der Waals surface area contributed by atoms with Crippen LogP contribution in [0.5, 0.6) is 0 Å². The molecule has 0 aliphatic heterocycles. The van der Waals surface area contributed by atoms with Gasteiger partial charge in [-0.2, -0.15) is 13.2 Å². The van der Waals surface area contributed by atoms with Crippen LogP contribution in [0.2, 0.25) is 0 Å². The summed E-state index contributed by atoms with van der Waals surface area (Å²) in [4.78, 5) is 17.1. The fourth-order valence-electron chi connectivity index (χ4n) is 1.51. The van der Waals surface area contributed by atoms with Gasteiger partial charge in [0.25, 0.3) is 5.91 Å². The first kappa shape index (κ1) is 17.3. The molecule has 4 nitrogen and oxygen atoms in total. The first-order chi connectivity index (χ1) is 10.7. The molecule has 1 amide bonds. The monoisotopic (exact) mass is 342 g/mol. The van der Waals surface area contributed by atoms with E-state index in [1.807, 2.05) is 35.6 Å². The Balaban J connectivity index is 2.04. The molecule has 23 heavy (non-hydrogen) atoms. The Morgan fingerprint density at radius 1 is 1.13 bits per heavy atom. The van der Waals surface area contributed by atoms with Crippen LogP contribution in [0.4, 0.5) is 19.0 Å². The summed E-state index contributed by atoms with van der Waals surface area (Å²) in [5.41, 5.74) is -3.48. The van der Waals surface area contributed by atoms with Crippen molar-refractivity contribution < 1.29 is 23.1 Å². The Bertz CT molecular complexity index is 673. The molecule has 0 saturated carbocycles. The second kappa shape index (κ2) is 6.59. The maximum absolute atomic E-state index is 12.6. The van der Waals surface area contributed by atoms with E-state index in [-0.39, 0.29) is 5.82 Å². The molecule has 0 aliphatic carbocycles. The summed E-state index contributed by atoms with van der Waals surface area (Å²) in [5.74, 6) is -1.65. The molecule has 0 spiro atoms. The highest BCUT2D eigenvalue weighted by Gasteiger charge is 2.55. The van der Waals surface area contributed by atoms with Crippen LogP contribution in [-0.4, -0.2) is 27.8 Å². The average Bonchev–Trinajstić information content (AvgIpc) is 2.49. The second-order valence-electron chi connectivity index (χ2n) is 4.82. The van der Waals surface area contributed by atoms with Crippen molar-refractivity contribution in [1.82, 2.24) is 4.98 Å². The minimum Gasteiger partial charge on any atom is -0.373 e. The first-order valence-corrected chi connectivity index (χ1v) is 7.31. The van der Waals surface area contributed by atoms with E-state index in [2.05, 4.69) is 4.98 Å². The van der Waals surface area contributed by atoms with E-state index in [9.17, 15) is 23.1 Å². The molecule has 2 rings (SSSR count). The van der Waals surface area contributed by atoms with Gasteiger partial charge in [-0.3, -0.25) is 4.79 Å². The van der Waals surface area contributed by atoms with Gasteiger partial charge >= 0.3 is 6.18 Å². The van der Waals surface area contributed by atoms with Crippen molar-refractivity contribution in [2.45, 2.75) is 28.5 Å². The third-order valence-electron chi connectivity index (χ3n) is 2.95. The number of aliphatic hydroxyl groups is 1. The zero-order valence-electron chi connectivity index (χ0n) is 12.0. The van der Waals surface area contributed by atoms with Crippen molar-refractivity contribution in [2.75, 3.05) is 5.32 Å². The molecule has 1 atom stereocenters. The number of aromatic nitrogens is 1. The topological polar surface area (TPSA) is 62.2 Å². The zero-order chi connectivity index (χ0) is 17.1. The van der Waals surface area contributed by atoms with Crippen LogP contribution in [0.25, 0.3) is 0 Å². The minimum atomic E-state index is -5.07. The van der Waals surface area contributed by atoms with Crippen LogP contribution in [0.3, 0.4) is 0 Å². The number of halogens is 3. The number of carbonyl (C=O) groups excluding carboxylic acids is 1. The number of hydrogen-bond acceptors (Lipinski definition) is 4. The summed E-state index contributed by atoms with van der Waals surface area (Å²) in [6.45, 7) is 0.391. The van der Waals surface area contributed by atoms with Crippen molar-refractivity contribution in [1.29, 1.82) is 0 Å². The molecule has 2 aromatic rings. The van der Waals surface area contributed by atoms with E-state index in [4.69, 9.17) is 0 Å². The summed E-state index contributed by atoms with van der Waals surface area (Å²) in [7, 11) is 0. The largest absolute Gasteiger partial charge is 0.426 e. The van der Waals surface area contributed by atoms with Crippen molar-refractivity contribution in [3.63, 3.8) is 0 Å². The molecule has 8 heteroatoms. The Morgan fingerprint density at radius 3 is 2.30 bits per heavy atom. The van der Waals surface area contributed by atoms with Crippen LogP contribution in [-0.2, 0) is 4.79 Å². The number of hydrogen-bond donors (Lipinski definition) is 2. The number of rotatable bonds is 4. The van der Waals surface area contributed by atoms with Crippen molar-refractivity contribution in [3.05, 3.63) is 48.7 Å². The zero-order valence-corrected chi connectivity index (χ0v) is 12.8. The van der Waals surface area contributed by atoms with Gasteiger partial charge in [0.2, 0.25) is 5.60 Å². The van der Waals surface area contributed by atoms with Gasteiger partial charge in [-0.15, -0.1) is 0 Å². The Morgan fingerprint density at radius 2 is 1.78 bits per heavy atom. The van der Waals surface area contributed by atoms with Gasteiger partial charge in [-0.05, 0) is 31.2 Å². The van der Waals surface area contributed by atoms with Gasteiger partial charge in [0.05, 0.1) is 0 Å². The maximum Gasteiger partial charge on any atom is 0.426 e. The SMILES string of the molecule is CC(O)(C(=O)Nc1ccc(Sc2ccccc2)cn1)C(F)(F)F.